The molecule has 0 aliphatic heterocycles. The zero-order valence-corrected chi connectivity index (χ0v) is 26.5. The molecule has 10 rings (SSSR count). The van der Waals surface area contributed by atoms with Gasteiger partial charge >= 0.3 is 0 Å². The number of para-hydroxylation sites is 2. The Morgan fingerprint density at radius 1 is 0.340 bits per heavy atom. The van der Waals surface area contributed by atoms with Crippen LogP contribution in [0.4, 0.5) is 0 Å². The van der Waals surface area contributed by atoms with E-state index >= 15 is 0 Å². The number of fused-ring (bicyclic) bond motifs is 6. The number of aromatic nitrogens is 5. The van der Waals surface area contributed by atoms with Gasteiger partial charge in [0.15, 0.2) is 28.9 Å². The van der Waals surface area contributed by atoms with E-state index in [2.05, 4.69) is 18.2 Å². The third kappa shape index (κ3) is 4.64. The van der Waals surface area contributed by atoms with Gasteiger partial charge in [-0.1, -0.05) is 121 Å². The summed E-state index contributed by atoms with van der Waals surface area (Å²) in [4.78, 5) is 24.8. The summed E-state index contributed by atoms with van der Waals surface area (Å²) in [6, 6.07) is 50.1. The Bertz CT molecular complexity index is 2810. The van der Waals surface area contributed by atoms with Gasteiger partial charge in [0.1, 0.15) is 28.0 Å². The van der Waals surface area contributed by atoms with Crippen LogP contribution in [0.25, 0.3) is 101 Å². The van der Waals surface area contributed by atoms with Crippen molar-refractivity contribution in [2.75, 3.05) is 0 Å². The molecule has 0 radical (unpaired) electrons. The Morgan fingerprint density at radius 3 is 1.58 bits per heavy atom. The van der Waals surface area contributed by atoms with Crippen molar-refractivity contribution in [2.24, 2.45) is 0 Å². The van der Waals surface area contributed by atoms with Gasteiger partial charge in [0.2, 0.25) is 0 Å². The first-order chi connectivity index (χ1) is 24.8. The van der Waals surface area contributed by atoms with Crippen molar-refractivity contribution in [3.63, 3.8) is 0 Å². The van der Waals surface area contributed by atoms with Crippen LogP contribution in [0.1, 0.15) is 0 Å². The van der Waals surface area contributed by atoms with Gasteiger partial charge in [-0.05, 0) is 30.3 Å². The lowest BCUT2D eigenvalue weighted by atomic mass is 10.0. The summed E-state index contributed by atoms with van der Waals surface area (Å²) in [5.41, 5.74) is 8.67. The molecule has 0 bridgehead atoms. The Kier molecular flexibility index (Phi) is 6.35. The molecular formula is C43H25N5O2. The van der Waals surface area contributed by atoms with Crippen molar-refractivity contribution >= 4 is 44.0 Å². The number of rotatable bonds is 5. The lowest BCUT2D eigenvalue weighted by Gasteiger charge is -2.08. The summed E-state index contributed by atoms with van der Waals surface area (Å²) in [6.45, 7) is 0. The summed E-state index contributed by atoms with van der Waals surface area (Å²) < 4.78 is 13.1. The van der Waals surface area contributed by atoms with Gasteiger partial charge in [-0.15, -0.1) is 0 Å². The predicted octanol–water partition coefficient (Wildman–Crippen LogP) is 10.8. The highest BCUT2D eigenvalue weighted by atomic mass is 16.3. The third-order valence-electron chi connectivity index (χ3n) is 8.96. The zero-order chi connectivity index (χ0) is 33.0. The molecule has 0 aliphatic carbocycles. The smallest absolute Gasteiger partial charge is 0.180 e. The van der Waals surface area contributed by atoms with E-state index in [1.165, 1.54) is 0 Å². The molecule has 0 N–H and O–H groups in total. The standard InChI is InChI=1S/C43H25N5O2/c1-4-13-26(14-5-1)40-44-36(39-37(45-40)32-19-10-11-22-34(32)49-39)29-23-24-30-31-20-12-21-33(38(31)50-35(30)25-29)43-47-41(27-15-6-2-7-16-27)46-42(48-43)28-17-8-3-9-18-28/h1-25H. The summed E-state index contributed by atoms with van der Waals surface area (Å²) in [5, 5.41) is 2.89. The Labute approximate surface area is 285 Å². The monoisotopic (exact) mass is 643 g/mol. The molecule has 6 aromatic carbocycles. The second kappa shape index (κ2) is 11.3. The van der Waals surface area contributed by atoms with Crippen LogP contribution in [-0.2, 0) is 0 Å². The molecule has 50 heavy (non-hydrogen) atoms. The van der Waals surface area contributed by atoms with Gasteiger partial charge in [-0.2, -0.15) is 0 Å². The first-order valence-corrected chi connectivity index (χ1v) is 16.3. The minimum Gasteiger partial charge on any atom is -0.455 e. The van der Waals surface area contributed by atoms with Gasteiger partial charge in [0.05, 0.1) is 5.56 Å². The average Bonchev–Trinajstić information content (AvgIpc) is 3.76. The quantitative estimate of drug-likeness (QED) is 0.184. The number of furan rings is 2. The minimum absolute atomic E-state index is 0.537. The molecule has 4 aromatic heterocycles. The maximum Gasteiger partial charge on any atom is 0.180 e. The van der Waals surface area contributed by atoms with Crippen LogP contribution in [-0.4, -0.2) is 24.9 Å². The lowest BCUT2D eigenvalue weighted by molar-refractivity contribution is 0.666. The highest BCUT2D eigenvalue weighted by Crippen LogP contribution is 2.40. The molecule has 7 heteroatoms. The van der Waals surface area contributed by atoms with Crippen LogP contribution >= 0.6 is 0 Å². The van der Waals surface area contributed by atoms with Crippen LogP contribution in [0.15, 0.2) is 160 Å². The van der Waals surface area contributed by atoms with E-state index in [0.29, 0.717) is 40.2 Å². The molecule has 4 heterocycles. The summed E-state index contributed by atoms with van der Waals surface area (Å²) >= 11 is 0. The van der Waals surface area contributed by atoms with Crippen molar-refractivity contribution < 1.29 is 8.83 Å². The molecule has 0 spiro atoms. The first-order valence-electron chi connectivity index (χ1n) is 16.3. The van der Waals surface area contributed by atoms with Gasteiger partial charge in [0, 0.05) is 38.4 Å². The van der Waals surface area contributed by atoms with E-state index in [4.69, 9.17) is 33.8 Å². The third-order valence-corrected chi connectivity index (χ3v) is 8.96. The number of hydrogen-bond acceptors (Lipinski definition) is 7. The second-order valence-electron chi connectivity index (χ2n) is 12.1. The topological polar surface area (TPSA) is 90.7 Å². The largest absolute Gasteiger partial charge is 0.455 e. The molecule has 0 saturated heterocycles. The molecule has 234 valence electrons. The molecule has 7 nitrogen and oxygen atoms in total. The highest BCUT2D eigenvalue weighted by molar-refractivity contribution is 6.11. The molecule has 0 fully saturated rings. The lowest BCUT2D eigenvalue weighted by Crippen LogP contribution is -2.00. The Balaban J connectivity index is 1.17. The van der Waals surface area contributed by atoms with Gasteiger partial charge in [0.25, 0.3) is 0 Å². The summed E-state index contributed by atoms with van der Waals surface area (Å²) in [7, 11) is 0. The second-order valence-corrected chi connectivity index (χ2v) is 12.1. The van der Waals surface area contributed by atoms with E-state index < -0.39 is 0 Å². The van der Waals surface area contributed by atoms with Gasteiger partial charge in [-0.25, -0.2) is 24.9 Å². The van der Waals surface area contributed by atoms with Crippen molar-refractivity contribution in [3.8, 4) is 56.8 Å². The van der Waals surface area contributed by atoms with Crippen molar-refractivity contribution in [3.05, 3.63) is 152 Å². The fourth-order valence-corrected chi connectivity index (χ4v) is 6.55. The minimum atomic E-state index is 0.537. The first kappa shape index (κ1) is 28.1. The van der Waals surface area contributed by atoms with Crippen molar-refractivity contribution in [2.45, 2.75) is 0 Å². The van der Waals surface area contributed by atoms with Crippen LogP contribution < -0.4 is 0 Å². The van der Waals surface area contributed by atoms with E-state index in [1.54, 1.807) is 0 Å². The van der Waals surface area contributed by atoms with Crippen LogP contribution in [0.2, 0.25) is 0 Å². The molecule has 0 unspecified atom stereocenters. The molecule has 0 aliphatic rings. The Hall–Kier alpha value is -6.99. The van der Waals surface area contributed by atoms with Crippen molar-refractivity contribution in [1.29, 1.82) is 0 Å². The molecule has 0 saturated carbocycles. The maximum absolute atomic E-state index is 6.70. The maximum atomic E-state index is 6.70. The zero-order valence-electron chi connectivity index (χ0n) is 26.5. The van der Waals surface area contributed by atoms with E-state index in [-0.39, 0.29) is 0 Å². The fourth-order valence-electron chi connectivity index (χ4n) is 6.55. The number of hydrogen-bond donors (Lipinski definition) is 0. The predicted molar refractivity (Wildman–Crippen MR) is 197 cm³/mol. The normalized spacial score (nSPS) is 11.6. The molecular weight excluding hydrogens is 619 g/mol. The number of nitrogens with zero attached hydrogens (tertiary/aromatic N) is 5. The molecule has 0 amide bonds. The van der Waals surface area contributed by atoms with Crippen LogP contribution in [0.5, 0.6) is 0 Å². The van der Waals surface area contributed by atoms with E-state index in [9.17, 15) is 0 Å². The van der Waals surface area contributed by atoms with Gasteiger partial charge < -0.3 is 8.83 Å². The summed E-state index contributed by atoms with van der Waals surface area (Å²) in [5.74, 6) is 2.36. The summed E-state index contributed by atoms with van der Waals surface area (Å²) in [6.07, 6.45) is 0. The van der Waals surface area contributed by atoms with Crippen LogP contribution in [0.3, 0.4) is 0 Å². The van der Waals surface area contributed by atoms with E-state index in [0.717, 1.165) is 60.7 Å². The SMILES string of the molecule is c1ccc(-c2nc(-c3ccccc3)nc(-c3cccc4c3oc3cc(-c5nc(-c6ccccc6)nc6c5oc5ccccc56)ccc34)n2)cc1. The van der Waals surface area contributed by atoms with Crippen LogP contribution in [0, 0.1) is 0 Å². The van der Waals surface area contributed by atoms with Gasteiger partial charge in [-0.3, -0.25) is 0 Å². The molecule has 10 aromatic rings. The average molecular weight is 644 g/mol. The Morgan fingerprint density at radius 2 is 0.900 bits per heavy atom. The number of benzene rings is 6. The van der Waals surface area contributed by atoms with E-state index in [1.807, 2.05) is 133 Å². The fraction of sp³-hybridized carbons (Fsp3) is 0. The van der Waals surface area contributed by atoms with Crippen molar-refractivity contribution in [1.82, 2.24) is 24.9 Å². The highest BCUT2D eigenvalue weighted by Gasteiger charge is 2.21. The molecule has 0 atom stereocenters.